The second-order valence-electron chi connectivity index (χ2n) is 7.84. The summed E-state index contributed by atoms with van der Waals surface area (Å²) in [4.78, 5) is 58.5. The summed E-state index contributed by atoms with van der Waals surface area (Å²) in [5, 5.41) is 11.0. The molecular weight excluding hydrogens is 513 g/mol. The Bertz CT molecular complexity index is 1270. The average molecular weight is 534 g/mol. The van der Waals surface area contributed by atoms with Crippen molar-refractivity contribution in [2.24, 2.45) is 0 Å². The van der Waals surface area contributed by atoms with Crippen LogP contribution in [0.25, 0.3) is 11.2 Å². The van der Waals surface area contributed by atoms with E-state index in [9.17, 15) is 33.4 Å². The number of nitrogens with one attached hydrogen (secondary N) is 1. The lowest BCUT2D eigenvalue weighted by Gasteiger charge is -2.35. The van der Waals surface area contributed by atoms with E-state index < -0.39 is 52.6 Å². The highest BCUT2D eigenvalue weighted by Crippen LogP contribution is 2.66. The summed E-state index contributed by atoms with van der Waals surface area (Å²) < 4.78 is 53.6. The quantitative estimate of drug-likeness (QED) is 0.245. The minimum absolute atomic E-state index is 0.00355. The van der Waals surface area contributed by atoms with Gasteiger partial charge in [-0.2, -0.15) is 8.62 Å². The van der Waals surface area contributed by atoms with Crippen molar-refractivity contribution in [3.05, 3.63) is 23.0 Å². The highest BCUT2D eigenvalue weighted by molar-refractivity contribution is 7.66. The molecule has 3 heterocycles. The molecule has 0 radical (unpaired) electrons. The van der Waals surface area contributed by atoms with Crippen LogP contribution in [-0.2, 0) is 37.3 Å². The van der Waals surface area contributed by atoms with Gasteiger partial charge < -0.3 is 34.4 Å². The van der Waals surface area contributed by atoms with E-state index in [0.29, 0.717) is 0 Å². The number of imidazole rings is 1. The number of aliphatic hydroxyl groups is 1. The molecule has 1 saturated heterocycles. The van der Waals surface area contributed by atoms with Crippen LogP contribution in [0.1, 0.15) is 27.2 Å². The molecule has 0 spiro atoms. The zero-order valence-electron chi connectivity index (χ0n) is 17.3. The van der Waals surface area contributed by atoms with E-state index in [-0.39, 0.29) is 17.6 Å². The summed E-state index contributed by atoms with van der Waals surface area (Å²) in [7, 11) is -16.7. The number of aromatic amines is 1. The molecule has 1 aliphatic heterocycles. The van der Waals surface area contributed by atoms with Gasteiger partial charge in [-0.05, 0) is 20.8 Å². The van der Waals surface area contributed by atoms with Crippen LogP contribution >= 0.6 is 23.5 Å². The number of aromatic nitrogens is 4. The smallest absolute Gasteiger partial charge is 0.387 e. The number of hydrogen-bond donors (Lipinski definition) is 6. The van der Waals surface area contributed by atoms with Gasteiger partial charge in [-0.1, -0.05) is 0 Å². The maximum atomic E-state index is 12.1. The summed E-state index contributed by atoms with van der Waals surface area (Å²) in [6, 6.07) is 0. The van der Waals surface area contributed by atoms with Crippen LogP contribution in [0, 0.1) is 0 Å². The second-order valence-corrected chi connectivity index (χ2v) is 12.3. The predicted octanol–water partition coefficient (Wildman–Crippen LogP) is 0.0656. The Balaban J connectivity index is 1.83. The van der Waals surface area contributed by atoms with Gasteiger partial charge in [-0.15, -0.1) is 0 Å². The number of rotatable bonds is 8. The first kappa shape index (κ1) is 26.3. The zero-order chi connectivity index (χ0) is 25.1. The molecule has 3 rings (SSSR count). The van der Waals surface area contributed by atoms with Crippen molar-refractivity contribution in [2.45, 2.75) is 44.1 Å². The van der Waals surface area contributed by atoms with Crippen LogP contribution < -0.4 is 5.56 Å². The molecule has 33 heavy (non-hydrogen) atoms. The molecule has 0 saturated carbocycles. The Kier molecular flexibility index (Phi) is 6.47. The Morgan fingerprint density at radius 1 is 1.12 bits per heavy atom. The highest BCUT2D eigenvalue weighted by Gasteiger charge is 2.60. The number of phosphoric acid groups is 3. The van der Waals surface area contributed by atoms with Crippen LogP contribution in [0.3, 0.4) is 0 Å². The number of H-pyrrole nitrogens is 1. The molecule has 2 aromatic heterocycles. The molecule has 0 aromatic carbocycles. The van der Waals surface area contributed by atoms with E-state index in [1.54, 1.807) is 0 Å². The molecule has 0 bridgehead atoms. The third-order valence-electron chi connectivity index (χ3n) is 5.03. The zero-order valence-corrected chi connectivity index (χ0v) is 19.9. The standard InChI is InChI=1S/C13H21N4O13P3/c1-11(19)4-13(3,17-7-16-8-9(17)14-6-15-10(8)18)28-12(11,2)5-27-32(23,24)30-33(25,26)29-31(20,21)22/h6-7,19H,4-5H2,1-3H3,(H,23,24)(H,25,26)(H,14,15,18)(H2,20,21,22). The predicted molar refractivity (Wildman–Crippen MR) is 106 cm³/mol. The Morgan fingerprint density at radius 3 is 2.36 bits per heavy atom. The van der Waals surface area contributed by atoms with Gasteiger partial charge in [0, 0.05) is 6.42 Å². The van der Waals surface area contributed by atoms with Crippen molar-refractivity contribution in [1.82, 2.24) is 19.5 Å². The van der Waals surface area contributed by atoms with Gasteiger partial charge in [0.05, 0.1) is 24.9 Å². The maximum Gasteiger partial charge on any atom is 0.490 e. The van der Waals surface area contributed by atoms with Gasteiger partial charge in [-0.3, -0.25) is 13.9 Å². The third kappa shape index (κ3) is 5.51. The molecular formula is C13H21N4O13P3. The summed E-state index contributed by atoms with van der Waals surface area (Å²) in [5.74, 6) is 0. The number of hydrogen-bond acceptors (Lipinski definition) is 11. The second kappa shape index (κ2) is 8.12. The van der Waals surface area contributed by atoms with Crippen LogP contribution in [0.5, 0.6) is 0 Å². The van der Waals surface area contributed by atoms with E-state index in [2.05, 4.69) is 28.1 Å². The van der Waals surface area contributed by atoms with Gasteiger partial charge in [0.25, 0.3) is 5.56 Å². The number of ether oxygens (including phenoxy) is 1. The molecule has 186 valence electrons. The number of phosphoric ester groups is 1. The van der Waals surface area contributed by atoms with E-state index >= 15 is 0 Å². The minimum atomic E-state index is -5.71. The van der Waals surface area contributed by atoms with E-state index in [1.165, 1.54) is 31.7 Å². The average Bonchev–Trinajstić information content (AvgIpc) is 3.09. The lowest BCUT2D eigenvalue weighted by atomic mass is 9.85. The summed E-state index contributed by atoms with van der Waals surface area (Å²) in [6.07, 6.45) is 2.27. The van der Waals surface area contributed by atoms with Crippen LogP contribution in [0.2, 0.25) is 0 Å². The van der Waals surface area contributed by atoms with Gasteiger partial charge in [-0.25, -0.2) is 23.7 Å². The molecule has 1 fully saturated rings. The van der Waals surface area contributed by atoms with E-state index in [4.69, 9.17) is 14.5 Å². The molecule has 20 heteroatoms. The largest absolute Gasteiger partial charge is 0.490 e. The van der Waals surface area contributed by atoms with E-state index in [1.807, 2.05) is 0 Å². The van der Waals surface area contributed by atoms with Crippen molar-refractivity contribution in [2.75, 3.05) is 6.61 Å². The normalized spacial score (nSPS) is 32.0. The summed E-state index contributed by atoms with van der Waals surface area (Å²) >= 11 is 0. The van der Waals surface area contributed by atoms with Crippen molar-refractivity contribution >= 4 is 34.6 Å². The van der Waals surface area contributed by atoms with Crippen molar-refractivity contribution < 1.29 is 56.3 Å². The first-order valence-corrected chi connectivity index (χ1v) is 13.4. The van der Waals surface area contributed by atoms with Gasteiger partial charge in [0.1, 0.15) is 11.3 Å². The maximum absolute atomic E-state index is 12.1. The fourth-order valence-corrected chi connectivity index (χ4v) is 6.58. The fraction of sp³-hybridized carbons (Fsp3) is 0.615. The molecule has 17 nitrogen and oxygen atoms in total. The van der Waals surface area contributed by atoms with Crippen molar-refractivity contribution in [3.63, 3.8) is 0 Å². The van der Waals surface area contributed by atoms with Crippen molar-refractivity contribution in [1.29, 1.82) is 0 Å². The first-order chi connectivity index (χ1) is 14.8. The molecule has 5 unspecified atom stereocenters. The highest BCUT2D eigenvalue weighted by atomic mass is 31.3. The molecule has 2 aromatic rings. The molecule has 6 N–H and O–H groups in total. The monoisotopic (exact) mass is 534 g/mol. The molecule has 5 atom stereocenters. The Morgan fingerprint density at radius 2 is 1.76 bits per heavy atom. The van der Waals surface area contributed by atoms with Gasteiger partial charge >= 0.3 is 23.5 Å². The van der Waals surface area contributed by atoms with Gasteiger partial charge in [0.15, 0.2) is 11.2 Å². The van der Waals surface area contributed by atoms with Crippen LogP contribution in [-0.4, -0.2) is 62.0 Å². The number of fused-ring (bicyclic) bond motifs is 1. The number of nitrogens with zero attached hydrogens (tertiary/aromatic N) is 3. The molecule has 0 amide bonds. The van der Waals surface area contributed by atoms with Crippen LogP contribution in [0.4, 0.5) is 0 Å². The van der Waals surface area contributed by atoms with Crippen LogP contribution in [0.15, 0.2) is 17.4 Å². The topological polar surface area (TPSA) is 253 Å². The first-order valence-electron chi connectivity index (χ1n) is 8.90. The lowest BCUT2D eigenvalue weighted by Crippen LogP contribution is -2.49. The minimum Gasteiger partial charge on any atom is -0.387 e. The third-order valence-corrected chi connectivity index (χ3v) is 8.81. The van der Waals surface area contributed by atoms with E-state index in [0.717, 1.165) is 6.33 Å². The fourth-order valence-electron chi connectivity index (χ4n) is 3.48. The summed E-state index contributed by atoms with van der Waals surface area (Å²) in [5.41, 5.74) is -5.25. The van der Waals surface area contributed by atoms with Crippen molar-refractivity contribution in [3.8, 4) is 0 Å². The Labute approximate surface area is 184 Å². The summed E-state index contributed by atoms with van der Waals surface area (Å²) in [6.45, 7) is 3.28. The SMILES string of the molecule is CC1(n2cnc3c(=O)[nH]cnc32)CC(C)(O)C(C)(COP(=O)(O)OP(=O)(O)OP(=O)(O)O)O1. The Hall–Kier alpha value is -1.32. The molecule has 0 aliphatic carbocycles. The van der Waals surface area contributed by atoms with Gasteiger partial charge in [0.2, 0.25) is 0 Å². The molecule has 1 aliphatic rings. The lowest BCUT2D eigenvalue weighted by molar-refractivity contribution is -0.175.